The highest BCUT2D eigenvalue weighted by atomic mass is 32.1. The van der Waals surface area contributed by atoms with Gasteiger partial charge in [-0.25, -0.2) is 0 Å². The highest BCUT2D eigenvalue weighted by Gasteiger charge is 2.33. The molecule has 0 fully saturated rings. The maximum absolute atomic E-state index is 13.2. The molecule has 3 rings (SSSR count). The minimum absolute atomic E-state index is 0.00459. The molecule has 150 valence electrons. The molecule has 0 radical (unpaired) electrons. The third kappa shape index (κ3) is 4.62. The number of carbonyl (C=O) groups excluding carboxylic acids is 2. The molecule has 1 aliphatic heterocycles. The third-order valence-electron chi connectivity index (χ3n) is 5.23. The van der Waals surface area contributed by atoms with E-state index in [0.29, 0.717) is 19.7 Å². The lowest BCUT2D eigenvalue weighted by atomic mass is 9.92. The van der Waals surface area contributed by atoms with Crippen LogP contribution in [0.3, 0.4) is 0 Å². The Bertz CT molecular complexity index is 815. The van der Waals surface area contributed by atoms with Crippen LogP contribution in [0.25, 0.3) is 0 Å². The van der Waals surface area contributed by atoms with Crippen LogP contribution < -0.4 is 0 Å². The Morgan fingerprint density at radius 2 is 2.00 bits per heavy atom. The summed E-state index contributed by atoms with van der Waals surface area (Å²) in [5.74, 6) is -0.0837. The fourth-order valence-electron chi connectivity index (χ4n) is 3.69. The maximum Gasteiger partial charge on any atom is 0.242 e. The van der Waals surface area contributed by atoms with E-state index >= 15 is 0 Å². The zero-order chi connectivity index (χ0) is 20.1. The van der Waals surface area contributed by atoms with Gasteiger partial charge in [0, 0.05) is 38.6 Å². The Morgan fingerprint density at radius 3 is 2.68 bits per heavy atom. The highest BCUT2D eigenvalue weighted by Crippen LogP contribution is 2.37. The second-order valence-electron chi connectivity index (χ2n) is 7.24. The number of methoxy groups -OCH3 is 1. The van der Waals surface area contributed by atoms with E-state index in [1.807, 2.05) is 4.90 Å². The van der Waals surface area contributed by atoms with Crippen LogP contribution in [-0.4, -0.2) is 55.0 Å². The van der Waals surface area contributed by atoms with Crippen LogP contribution >= 0.6 is 11.3 Å². The summed E-state index contributed by atoms with van der Waals surface area (Å²) in [4.78, 5) is 30.2. The van der Waals surface area contributed by atoms with E-state index in [0.717, 1.165) is 18.4 Å². The number of fused-ring (bicyclic) bond motifs is 1. The molecule has 0 unspecified atom stereocenters. The molecule has 2 aromatic rings. The fourth-order valence-corrected chi connectivity index (χ4v) is 4.60. The van der Waals surface area contributed by atoms with Crippen LogP contribution in [0.2, 0.25) is 0 Å². The minimum atomic E-state index is -0.0871. The number of aryl methyl sites for hydroxylation is 1. The van der Waals surface area contributed by atoms with Crippen LogP contribution in [0.15, 0.2) is 35.7 Å². The first kappa shape index (κ1) is 20.6. The van der Waals surface area contributed by atoms with Gasteiger partial charge in [0.25, 0.3) is 0 Å². The molecule has 0 saturated carbocycles. The van der Waals surface area contributed by atoms with E-state index in [-0.39, 0.29) is 24.4 Å². The van der Waals surface area contributed by atoms with Gasteiger partial charge in [-0.05, 0) is 42.3 Å². The quantitative estimate of drug-likeness (QED) is 0.669. The number of thiophene rings is 1. The number of nitrogens with zero attached hydrogens (tertiary/aromatic N) is 2. The lowest BCUT2D eigenvalue weighted by Crippen LogP contribution is -2.46. The average molecular weight is 401 g/mol. The summed E-state index contributed by atoms with van der Waals surface area (Å²) in [6.45, 7) is 5.47. The number of hydrogen-bond acceptors (Lipinski definition) is 4. The third-order valence-corrected chi connectivity index (χ3v) is 6.22. The van der Waals surface area contributed by atoms with Gasteiger partial charge >= 0.3 is 0 Å². The summed E-state index contributed by atoms with van der Waals surface area (Å²) < 4.78 is 5.08. The normalized spacial score (nSPS) is 16.0. The number of hydrogen-bond donors (Lipinski definition) is 0. The number of carbonyl (C=O) groups is 2. The topological polar surface area (TPSA) is 49.9 Å². The largest absolute Gasteiger partial charge is 0.385 e. The smallest absolute Gasteiger partial charge is 0.242 e. The number of ether oxygens (including phenoxy) is 1. The van der Waals surface area contributed by atoms with Crippen LogP contribution in [0, 0.1) is 6.92 Å². The van der Waals surface area contributed by atoms with Crippen LogP contribution in [0.4, 0.5) is 0 Å². The van der Waals surface area contributed by atoms with Gasteiger partial charge < -0.3 is 14.5 Å². The first-order valence-corrected chi connectivity index (χ1v) is 10.6. The number of amides is 2. The fraction of sp³-hybridized carbons (Fsp3) is 0.455. The van der Waals surface area contributed by atoms with Crippen molar-refractivity contribution in [1.82, 2.24) is 9.80 Å². The van der Waals surface area contributed by atoms with E-state index in [9.17, 15) is 9.59 Å². The van der Waals surface area contributed by atoms with Gasteiger partial charge in [-0.15, -0.1) is 11.3 Å². The van der Waals surface area contributed by atoms with Gasteiger partial charge in [0.15, 0.2) is 0 Å². The van der Waals surface area contributed by atoms with Gasteiger partial charge in [-0.3, -0.25) is 9.59 Å². The molecule has 5 nitrogen and oxygen atoms in total. The molecule has 0 aliphatic carbocycles. The van der Waals surface area contributed by atoms with E-state index < -0.39 is 0 Å². The summed E-state index contributed by atoms with van der Waals surface area (Å²) in [6, 6.07) is 10.4. The summed E-state index contributed by atoms with van der Waals surface area (Å²) >= 11 is 1.76. The molecular weight excluding hydrogens is 372 g/mol. The molecular formula is C22H28N2O3S. The summed E-state index contributed by atoms with van der Waals surface area (Å²) in [7, 11) is 1.64. The molecule has 2 heterocycles. The van der Waals surface area contributed by atoms with Crippen LogP contribution in [-0.2, 0) is 20.7 Å². The van der Waals surface area contributed by atoms with Crippen molar-refractivity contribution in [3.05, 3.63) is 57.3 Å². The van der Waals surface area contributed by atoms with Crippen molar-refractivity contribution in [1.29, 1.82) is 0 Å². The van der Waals surface area contributed by atoms with E-state index in [2.05, 4.69) is 42.6 Å². The highest BCUT2D eigenvalue weighted by molar-refractivity contribution is 7.10. The second kappa shape index (κ2) is 9.34. The van der Waals surface area contributed by atoms with Crippen molar-refractivity contribution in [3.8, 4) is 0 Å². The van der Waals surface area contributed by atoms with Gasteiger partial charge in [0.05, 0.1) is 12.6 Å². The Kier molecular flexibility index (Phi) is 6.86. The minimum Gasteiger partial charge on any atom is -0.385 e. The Labute approximate surface area is 170 Å². The lowest BCUT2D eigenvalue weighted by Gasteiger charge is -2.37. The Morgan fingerprint density at radius 1 is 1.25 bits per heavy atom. The molecule has 0 spiro atoms. The van der Waals surface area contributed by atoms with Crippen molar-refractivity contribution in [2.24, 2.45) is 0 Å². The number of rotatable bonds is 7. The van der Waals surface area contributed by atoms with Crippen molar-refractivity contribution in [3.63, 3.8) is 0 Å². The molecule has 0 N–H and O–H groups in total. The molecule has 1 aromatic heterocycles. The van der Waals surface area contributed by atoms with Crippen LogP contribution in [0.5, 0.6) is 0 Å². The maximum atomic E-state index is 13.2. The molecule has 2 amide bonds. The van der Waals surface area contributed by atoms with Crippen molar-refractivity contribution in [2.75, 3.05) is 33.4 Å². The average Bonchev–Trinajstić information content (AvgIpc) is 3.16. The molecule has 0 bridgehead atoms. The molecule has 0 saturated heterocycles. The SMILES string of the molecule is COCCCN(CC(=O)N1CCc2sccc2[C@H]1c1ccc(C)cc1)C(C)=O. The van der Waals surface area contributed by atoms with Gasteiger partial charge in [0.2, 0.25) is 11.8 Å². The molecule has 28 heavy (non-hydrogen) atoms. The van der Waals surface area contributed by atoms with Crippen LogP contribution in [0.1, 0.15) is 41.0 Å². The molecule has 6 heteroatoms. The van der Waals surface area contributed by atoms with Crippen molar-refractivity contribution >= 4 is 23.2 Å². The molecule has 1 aromatic carbocycles. The first-order chi connectivity index (χ1) is 13.5. The summed E-state index contributed by atoms with van der Waals surface area (Å²) in [5.41, 5.74) is 3.53. The monoisotopic (exact) mass is 400 g/mol. The predicted octanol–water partition coefficient (Wildman–Crippen LogP) is 3.42. The van der Waals surface area contributed by atoms with E-state index in [1.54, 1.807) is 23.3 Å². The lowest BCUT2D eigenvalue weighted by molar-refractivity contribution is -0.140. The number of benzene rings is 1. The zero-order valence-corrected chi connectivity index (χ0v) is 17.6. The van der Waals surface area contributed by atoms with E-state index in [4.69, 9.17) is 4.74 Å². The first-order valence-electron chi connectivity index (χ1n) is 9.68. The van der Waals surface area contributed by atoms with Gasteiger partial charge in [0.1, 0.15) is 0 Å². The van der Waals surface area contributed by atoms with Crippen molar-refractivity contribution in [2.45, 2.75) is 32.7 Å². The van der Waals surface area contributed by atoms with Crippen molar-refractivity contribution < 1.29 is 14.3 Å². The second-order valence-corrected chi connectivity index (χ2v) is 8.24. The molecule has 1 aliphatic rings. The Balaban J connectivity index is 1.83. The zero-order valence-electron chi connectivity index (χ0n) is 16.8. The summed E-state index contributed by atoms with van der Waals surface area (Å²) in [6.07, 6.45) is 1.59. The van der Waals surface area contributed by atoms with E-state index in [1.165, 1.54) is 22.9 Å². The molecule has 1 atom stereocenters. The predicted molar refractivity (Wildman–Crippen MR) is 112 cm³/mol. The Hall–Kier alpha value is -2.18. The van der Waals surface area contributed by atoms with Gasteiger partial charge in [-0.1, -0.05) is 29.8 Å². The standard InChI is InChI=1S/C22H28N2O3S/c1-16-5-7-18(8-6-16)22-19-10-14-28-20(19)9-12-24(22)21(26)15-23(17(2)25)11-4-13-27-3/h5-8,10,14,22H,4,9,11-13,15H2,1-3H3/t22-/m1/s1. The summed E-state index contributed by atoms with van der Waals surface area (Å²) in [5, 5.41) is 2.10. The van der Waals surface area contributed by atoms with Gasteiger partial charge in [-0.2, -0.15) is 0 Å².